The third-order valence-electron chi connectivity index (χ3n) is 9.85. The van der Waals surface area contributed by atoms with Gasteiger partial charge in [0.15, 0.2) is 11.6 Å². The minimum absolute atomic E-state index is 0.0378. The van der Waals surface area contributed by atoms with E-state index in [-0.39, 0.29) is 44.9 Å². The molecule has 10 heteroatoms. The van der Waals surface area contributed by atoms with E-state index in [0.29, 0.717) is 5.56 Å². The molecule has 0 spiro atoms. The molecule has 0 radical (unpaired) electrons. The van der Waals surface area contributed by atoms with Crippen LogP contribution in [0.25, 0.3) is 0 Å². The number of carbonyl (C=O) groups is 4. The zero-order valence-corrected chi connectivity index (χ0v) is 28.9. The molecular formula is C37H49NO9. The van der Waals surface area contributed by atoms with Crippen molar-refractivity contribution in [2.24, 2.45) is 29.6 Å². The Morgan fingerprint density at radius 1 is 0.681 bits per heavy atom. The molecule has 256 valence electrons. The molecule has 47 heavy (non-hydrogen) atoms. The Kier molecular flexibility index (Phi) is 12.1. The van der Waals surface area contributed by atoms with Gasteiger partial charge in [-0.25, -0.2) is 0 Å². The van der Waals surface area contributed by atoms with E-state index in [0.717, 1.165) is 0 Å². The summed E-state index contributed by atoms with van der Waals surface area (Å²) in [6.45, 7) is 14.5. The van der Waals surface area contributed by atoms with Crippen LogP contribution in [0.2, 0.25) is 0 Å². The second-order valence-electron chi connectivity index (χ2n) is 13.3. The van der Waals surface area contributed by atoms with Gasteiger partial charge in [-0.05, 0) is 44.9 Å². The Morgan fingerprint density at radius 3 is 1.77 bits per heavy atom. The third kappa shape index (κ3) is 7.41. The lowest BCUT2D eigenvalue weighted by Gasteiger charge is -2.36. The Balaban J connectivity index is 2.23. The standard InChI is InChI=1S/C37H49NO9/c1-16-12-11-13-17(2)37(46)38-28-21(6)34(44)26-25(35(28)45)15-20(5)36(47-10)27(26)31(41)19(4)14-18(3)30(40)23(8)33(43)24(9)32(42)22(7)29(16)39/h11-16,18,22-24,29-30,32-33,39-40,42-43H,1-10H3,(H,38,46)/b12-11-,17-13+,19-14+/t16-,18-,22-,23-,24-,29+,30-,32-,33-/m1/s1. The number of aliphatic hydroxyl groups is 4. The minimum Gasteiger partial charge on any atom is -0.496 e. The van der Waals surface area contributed by atoms with E-state index in [1.807, 2.05) is 0 Å². The van der Waals surface area contributed by atoms with Crippen LogP contribution in [-0.4, -0.2) is 75.2 Å². The molecule has 1 amide bonds. The van der Waals surface area contributed by atoms with Gasteiger partial charge in [-0.1, -0.05) is 58.9 Å². The molecule has 4 bridgehead atoms. The lowest BCUT2D eigenvalue weighted by atomic mass is 9.77. The molecule has 0 saturated carbocycles. The number of rotatable bonds is 1. The molecule has 3 aliphatic rings. The molecule has 0 unspecified atom stereocenters. The van der Waals surface area contributed by atoms with E-state index in [9.17, 15) is 39.6 Å². The van der Waals surface area contributed by atoms with Crippen molar-refractivity contribution in [2.75, 3.05) is 7.11 Å². The van der Waals surface area contributed by atoms with Crippen molar-refractivity contribution in [2.45, 2.75) is 86.7 Å². The highest BCUT2D eigenvalue weighted by Crippen LogP contribution is 2.38. The molecule has 0 aromatic heterocycles. The summed E-state index contributed by atoms with van der Waals surface area (Å²) in [5, 5.41) is 47.1. The van der Waals surface area contributed by atoms with Crippen LogP contribution in [0.4, 0.5) is 0 Å². The van der Waals surface area contributed by atoms with Gasteiger partial charge in [0.1, 0.15) is 5.75 Å². The average Bonchev–Trinajstić information content (AvgIpc) is 3.04. The van der Waals surface area contributed by atoms with Gasteiger partial charge in [0.2, 0.25) is 5.78 Å². The Bertz CT molecular complexity index is 1570. The smallest absolute Gasteiger partial charge is 0.251 e. The highest BCUT2D eigenvalue weighted by Gasteiger charge is 2.39. The molecular weight excluding hydrogens is 602 g/mol. The van der Waals surface area contributed by atoms with Crippen LogP contribution in [0.1, 0.15) is 92.0 Å². The Morgan fingerprint density at radius 2 is 1.21 bits per heavy atom. The molecule has 1 aliphatic carbocycles. The zero-order chi connectivity index (χ0) is 35.7. The summed E-state index contributed by atoms with van der Waals surface area (Å²) in [5.74, 6) is -5.51. The zero-order valence-electron chi connectivity index (χ0n) is 28.9. The average molecular weight is 652 g/mol. The summed E-state index contributed by atoms with van der Waals surface area (Å²) >= 11 is 0. The number of Topliss-reactive ketones (excluding diaryl/α,β-unsaturated/α-hetero) is 3. The van der Waals surface area contributed by atoms with Gasteiger partial charge < -0.3 is 30.5 Å². The van der Waals surface area contributed by atoms with Gasteiger partial charge >= 0.3 is 0 Å². The van der Waals surface area contributed by atoms with Crippen molar-refractivity contribution in [3.8, 4) is 5.75 Å². The van der Waals surface area contributed by atoms with Gasteiger partial charge in [-0.3, -0.25) is 19.2 Å². The summed E-state index contributed by atoms with van der Waals surface area (Å²) in [6, 6.07) is 1.47. The van der Waals surface area contributed by atoms with Crippen LogP contribution in [0, 0.1) is 36.5 Å². The molecule has 0 saturated heterocycles. The normalized spacial score (nSPS) is 34.7. The third-order valence-corrected chi connectivity index (χ3v) is 9.85. The van der Waals surface area contributed by atoms with E-state index in [1.165, 1.54) is 40.0 Å². The first-order chi connectivity index (χ1) is 21.9. The molecule has 1 aromatic carbocycles. The number of ether oxygens (including phenoxy) is 1. The van der Waals surface area contributed by atoms with Crippen molar-refractivity contribution < 1.29 is 44.3 Å². The highest BCUT2D eigenvalue weighted by atomic mass is 16.5. The number of hydrogen-bond donors (Lipinski definition) is 5. The van der Waals surface area contributed by atoms with Crippen LogP contribution in [0.3, 0.4) is 0 Å². The fourth-order valence-corrected chi connectivity index (χ4v) is 6.51. The number of fused-ring (bicyclic) bond motifs is 15. The molecule has 4 rings (SSSR count). The number of nitrogens with one attached hydrogen (secondary N) is 1. The molecule has 2 aliphatic heterocycles. The lowest BCUT2D eigenvalue weighted by molar-refractivity contribution is -0.116. The number of carbonyl (C=O) groups excluding carboxylic acids is 4. The second-order valence-corrected chi connectivity index (χ2v) is 13.3. The number of hydrogen-bond acceptors (Lipinski definition) is 9. The molecule has 9 atom stereocenters. The quantitative estimate of drug-likeness (QED) is 0.301. The molecule has 5 N–H and O–H groups in total. The predicted molar refractivity (Wildman–Crippen MR) is 178 cm³/mol. The largest absolute Gasteiger partial charge is 0.496 e. The van der Waals surface area contributed by atoms with Crippen LogP contribution < -0.4 is 10.1 Å². The number of aliphatic hydroxyl groups excluding tert-OH is 4. The molecule has 1 aromatic rings. The maximum atomic E-state index is 14.1. The van der Waals surface area contributed by atoms with E-state index in [4.69, 9.17) is 4.74 Å². The maximum absolute atomic E-state index is 14.1. The Hall–Kier alpha value is -3.70. The van der Waals surface area contributed by atoms with Gasteiger partial charge in [-0.2, -0.15) is 0 Å². The number of methoxy groups -OCH3 is 1. The van der Waals surface area contributed by atoms with Gasteiger partial charge in [0, 0.05) is 51.9 Å². The number of benzene rings is 1. The van der Waals surface area contributed by atoms with Crippen molar-refractivity contribution in [1.29, 1.82) is 0 Å². The first-order valence-electron chi connectivity index (χ1n) is 16.0. The summed E-state index contributed by atoms with van der Waals surface area (Å²) in [4.78, 5) is 54.9. The number of allylic oxidation sites excluding steroid dienone is 5. The number of ketones is 3. The topological polar surface area (TPSA) is 170 Å². The summed E-state index contributed by atoms with van der Waals surface area (Å²) in [6.07, 6.45) is 1.90. The molecule has 0 fully saturated rings. The van der Waals surface area contributed by atoms with E-state index < -0.39 is 77.3 Å². The van der Waals surface area contributed by atoms with Crippen molar-refractivity contribution in [3.05, 3.63) is 75.0 Å². The van der Waals surface area contributed by atoms with Gasteiger partial charge in [0.25, 0.3) is 5.91 Å². The number of amides is 1. The van der Waals surface area contributed by atoms with Crippen LogP contribution >= 0.6 is 0 Å². The Labute approximate surface area is 276 Å². The van der Waals surface area contributed by atoms with Crippen molar-refractivity contribution >= 4 is 23.3 Å². The lowest BCUT2D eigenvalue weighted by Crippen LogP contribution is -2.45. The maximum Gasteiger partial charge on any atom is 0.251 e. The fourth-order valence-electron chi connectivity index (χ4n) is 6.51. The van der Waals surface area contributed by atoms with Crippen molar-refractivity contribution in [1.82, 2.24) is 5.32 Å². The molecule has 10 nitrogen and oxygen atoms in total. The van der Waals surface area contributed by atoms with Crippen molar-refractivity contribution in [3.63, 3.8) is 0 Å². The highest BCUT2D eigenvalue weighted by molar-refractivity contribution is 6.31. The fraction of sp³-hybridized carbons (Fsp3) is 0.514. The summed E-state index contributed by atoms with van der Waals surface area (Å²) < 4.78 is 5.57. The monoisotopic (exact) mass is 651 g/mol. The van der Waals surface area contributed by atoms with E-state index >= 15 is 0 Å². The van der Waals surface area contributed by atoms with Crippen LogP contribution in [0.15, 0.2) is 52.8 Å². The number of aryl methyl sites for hydroxylation is 1. The first kappa shape index (κ1) is 37.8. The second kappa shape index (κ2) is 15.0. The SMILES string of the molecule is COc1c(C)cc2c3c1C(=O)/C(C)=C/[C@@H](C)[C@@H](O)[C@@H](C)[C@@H](O)[C@H](C)[C@H](O)[C@H](C)[C@@H](O)[C@H](C)/C=C\C=C(/C)C(=O)NC(=C(C)C3=O)C2=O. The van der Waals surface area contributed by atoms with Crippen LogP contribution in [-0.2, 0) is 4.79 Å². The minimum atomic E-state index is -1.16. The molecule has 2 heterocycles. The first-order valence-corrected chi connectivity index (χ1v) is 16.0. The van der Waals surface area contributed by atoms with E-state index in [2.05, 4.69) is 5.32 Å². The van der Waals surface area contributed by atoms with Gasteiger partial charge in [0.05, 0.1) is 42.8 Å². The van der Waals surface area contributed by atoms with Gasteiger partial charge in [-0.15, -0.1) is 0 Å². The predicted octanol–water partition coefficient (Wildman–Crippen LogP) is 4.04. The van der Waals surface area contributed by atoms with Crippen LogP contribution in [0.5, 0.6) is 5.75 Å². The van der Waals surface area contributed by atoms with E-state index in [1.54, 1.807) is 59.8 Å². The summed E-state index contributed by atoms with van der Waals surface area (Å²) in [7, 11) is 1.36. The summed E-state index contributed by atoms with van der Waals surface area (Å²) in [5.41, 5.74) is 0.348.